The van der Waals surface area contributed by atoms with E-state index in [1.54, 1.807) is 0 Å². The minimum absolute atomic E-state index is 0.438. The molecule has 2 unspecified atom stereocenters. The molecule has 1 aliphatic carbocycles. The summed E-state index contributed by atoms with van der Waals surface area (Å²) >= 11 is 0. The van der Waals surface area contributed by atoms with Gasteiger partial charge in [-0.1, -0.05) is 39.0 Å². The summed E-state index contributed by atoms with van der Waals surface area (Å²) in [7, 11) is 0. The van der Waals surface area contributed by atoms with Crippen molar-refractivity contribution in [1.29, 1.82) is 0 Å². The number of rotatable bonds is 2. The van der Waals surface area contributed by atoms with E-state index in [1.807, 2.05) is 0 Å². The SMILES string of the molecule is CCC1CCN(C2CCCCCCC2N)CC1. The van der Waals surface area contributed by atoms with Gasteiger partial charge in [0.15, 0.2) is 0 Å². The molecule has 0 spiro atoms. The van der Waals surface area contributed by atoms with Gasteiger partial charge in [-0.15, -0.1) is 0 Å². The Morgan fingerprint density at radius 3 is 2.24 bits per heavy atom. The molecule has 1 aliphatic heterocycles. The van der Waals surface area contributed by atoms with E-state index in [1.165, 1.54) is 70.9 Å². The number of nitrogens with zero attached hydrogens (tertiary/aromatic N) is 1. The molecule has 0 aromatic rings. The fraction of sp³-hybridized carbons (Fsp3) is 1.00. The summed E-state index contributed by atoms with van der Waals surface area (Å²) < 4.78 is 0. The Bertz CT molecular complexity index is 209. The van der Waals surface area contributed by atoms with Crippen LogP contribution in [-0.4, -0.2) is 30.1 Å². The zero-order valence-corrected chi connectivity index (χ0v) is 11.5. The van der Waals surface area contributed by atoms with Gasteiger partial charge in [0, 0.05) is 12.1 Å². The van der Waals surface area contributed by atoms with E-state index in [-0.39, 0.29) is 0 Å². The summed E-state index contributed by atoms with van der Waals surface area (Å²) in [6, 6.07) is 1.13. The maximum absolute atomic E-state index is 6.40. The van der Waals surface area contributed by atoms with Crippen LogP contribution in [0.25, 0.3) is 0 Å². The highest BCUT2D eigenvalue weighted by molar-refractivity contribution is 4.86. The average molecular weight is 238 g/mol. The van der Waals surface area contributed by atoms with Crippen LogP contribution in [-0.2, 0) is 0 Å². The lowest BCUT2D eigenvalue weighted by Crippen LogP contribution is -2.51. The fourth-order valence-electron chi connectivity index (χ4n) is 3.64. The molecule has 0 amide bonds. The summed E-state index contributed by atoms with van der Waals surface area (Å²) in [5.41, 5.74) is 6.40. The highest BCUT2D eigenvalue weighted by Gasteiger charge is 2.28. The van der Waals surface area contributed by atoms with Crippen molar-refractivity contribution in [3.05, 3.63) is 0 Å². The quantitative estimate of drug-likeness (QED) is 0.800. The van der Waals surface area contributed by atoms with E-state index in [0.29, 0.717) is 12.1 Å². The third-order valence-electron chi connectivity index (χ3n) is 4.98. The second kappa shape index (κ2) is 6.75. The molecule has 2 fully saturated rings. The number of hydrogen-bond acceptors (Lipinski definition) is 2. The second-order valence-electron chi connectivity index (χ2n) is 6.11. The van der Waals surface area contributed by atoms with Crippen molar-refractivity contribution >= 4 is 0 Å². The van der Waals surface area contributed by atoms with Gasteiger partial charge in [0.25, 0.3) is 0 Å². The molecule has 0 aromatic carbocycles. The molecule has 2 nitrogen and oxygen atoms in total. The molecule has 2 heteroatoms. The predicted molar refractivity (Wildman–Crippen MR) is 74.1 cm³/mol. The van der Waals surface area contributed by atoms with Crippen LogP contribution < -0.4 is 5.73 Å². The van der Waals surface area contributed by atoms with Crippen LogP contribution in [0.5, 0.6) is 0 Å². The highest BCUT2D eigenvalue weighted by Crippen LogP contribution is 2.26. The first-order valence-corrected chi connectivity index (χ1v) is 7.81. The first kappa shape index (κ1) is 13.4. The largest absolute Gasteiger partial charge is 0.326 e. The first-order valence-electron chi connectivity index (χ1n) is 7.81. The maximum Gasteiger partial charge on any atom is 0.0247 e. The second-order valence-corrected chi connectivity index (χ2v) is 6.11. The van der Waals surface area contributed by atoms with E-state index in [2.05, 4.69) is 11.8 Å². The van der Waals surface area contributed by atoms with Crippen LogP contribution in [0.2, 0.25) is 0 Å². The molecule has 0 bridgehead atoms. The molecule has 2 rings (SSSR count). The number of nitrogens with two attached hydrogens (primary N) is 1. The Balaban J connectivity index is 1.86. The summed E-state index contributed by atoms with van der Waals surface area (Å²) in [6.07, 6.45) is 12.3. The van der Waals surface area contributed by atoms with Crippen LogP contribution in [0.4, 0.5) is 0 Å². The fourth-order valence-corrected chi connectivity index (χ4v) is 3.64. The summed E-state index contributed by atoms with van der Waals surface area (Å²) in [5, 5.41) is 0. The van der Waals surface area contributed by atoms with Gasteiger partial charge in [0.05, 0.1) is 0 Å². The van der Waals surface area contributed by atoms with Crippen LogP contribution in [0.15, 0.2) is 0 Å². The predicted octanol–water partition coefficient (Wildman–Crippen LogP) is 3.16. The molecule has 2 aliphatic rings. The van der Waals surface area contributed by atoms with Crippen molar-refractivity contribution in [2.45, 2.75) is 76.8 Å². The topological polar surface area (TPSA) is 29.3 Å². The molecule has 1 heterocycles. The standard InChI is InChI=1S/C15H30N2/c1-2-13-9-11-17(12-10-13)15-8-6-4-3-5-7-14(15)16/h13-15H,2-12,16H2,1H3. The minimum atomic E-state index is 0.438. The zero-order chi connectivity index (χ0) is 12.1. The molecular formula is C15H30N2. The third kappa shape index (κ3) is 3.69. The summed E-state index contributed by atoms with van der Waals surface area (Å²) in [4.78, 5) is 2.71. The van der Waals surface area contributed by atoms with Crippen LogP contribution in [0, 0.1) is 5.92 Å². The van der Waals surface area contributed by atoms with Gasteiger partial charge in [-0.05, 0) is 44.7 Å². The minimum Gasteiger partial charge on any atom is -0.326 e. The van der Waals surface area contributed by atoms with Gasteiger partial charge in [0.1, 0.15) is 0 Å². The Kier molecular flexibility index (Phi) is 5.30. The Labute approximate surface area is 107 Å². The Hall–Kier alpha value is -0.0800. The first-order chi connectivity index (χ1) is 8.31. The molecule has 0 radical (unpaired) electrons. The lowest BCUT2D eigenvalue weighted by molar-refractivity contribution is 0.100. The van der Waals surface area contributed by atoms with E-state index in [4.69, 9.17) is 5.73 Å². The number of hydrogen-bond donors (Lipinski definition) is 1. The number of piperidine rings is 1. The van der Waals surface area contributed by atoms with Gasteiger partial charge in [-0.3, -0.25) is 4.90 Å². The van der Waals surface area contributed by atoms with E-state index >= 15 is 0 Å². The number of likely N-dealkylation sites (tertiary alicyclic amines) is 1. The molecule has 1 saturated carbocycles. The van der Waals surface area contributed by atoms with Gasteiger partial charge in [-0.25, -0.2) is 0 Å². The Morgan fingerprint density at radius 2 is 1.59 bits per heavy atom. The molecule has 2 atom stereocenters. The van der Waals surface area contributed by atoms with Crippen molar-refractivity contribution in [3.63, 3.8) is 0 Å². The smallest absolute Gasteiger partial charge is 0.0247 e. The van der Waals surface area contributed by atoms with E-state index in [9.17, 15) is 0 Å². The molecule has 1 saturated heterocycles. The lowest BCUT2D eigenvalue weighted by Gasteiger charge is -2.41. The van der Waals surface area contributed by atoms with Crippen molar-refractivity contribution < 1.29 is 0 Å². The van der Waals surface area contributed by atoms with Crippen LogP contribution in [0.1, 0.15) is 64.7 Å². The summed E-state index contributed by atoms with van der Waals surface area (Å²) in [6.45, 7) is 4.94. The maximum atomic E-state index is 6.40. The Morgan fingerprint density at radius 1 is 0.941 bits per heavy atom. The van der Waals surface area contributed by atoms with Crippen molar-refractivity contribution in [2.24, 2.45) is 11.7 Å². The van der Waals surface area contributed by atoms with E-state index in [0.717, 1.165) is 5.92 Å². The monoisotopic (exact) mass is 238 g/mol. The zero-order valence-electron chi connectivity index (χ0n) is 11.5. The van der Waals surface area contributed by atoms with Crippen LogP contribution >= 0.6 is 0 Å². The molecule has 100 valence electrons. The average Bonchev–Trinajstić information content (AvgIpc) is 2.35. The normalized spacial score (nSPS) is 34.2. The lowest BCUT2D eigenvalue weighted by atomic mass is 9.88. The van der Waals surface area contributed by atoms with Gasteiger partial charge >= 0.3 is 0 Å². The van der Waals surface area contributed by atoms with Crippen molar-refractivity contribution in [3.8, 4) is 0 Å². The van der Waals surface area contributed by atoms with Crippen LogP contribution in [0.3, 0.4) is 0 Å². The van der Waals surface area contributed by atoms with Gasteiger partial charge in [0.2, 0.25) is 0 Å². The molecule has 2 N–H and O–H groups in total. The van der Waals surface area contributed by atoms with Gasteiger partial charge < -0.3 is 5.73 Å². The van der Waals surface area contributed by atoms with Gasteiger partial charge in [-0.2, -0.15) is 0 Å². The van der Waals surface area contributed by atoms with E-state index < -0.39 is 0 Å². The highest BCUT2D eigenvalue weighted by atomic mass is 15.2. The summed E-state index contributed by atoms with van der Waals surface area (Å²) in [5.74, 6) is 0.982. The molecule has 0 aromatic heterocycles. The van der Waals surface area contributed by atoms with Crippen molar-refractivity contribution in [1.82, 2.24) is 4.90 Å². The molecule has 17 heavy (non-hydrogen) atoms. The van der Waals surface area contributed by atoms with Crippen molar-refractivity contribution in [2.75, 3.05) is 13.1 Å². The third-order valence-corrected chi connectivity index (χ3v) is 4.98. The molecular weight excluding hydrogens is 208 g/mol.